The first-order valence-corrected chi connectivity index (χ1v) is 5.06. The third-order valence-corrected chi connectivity index (χ3v) is 2.72. The number of hydrogen-bond acceptors (Lipinski definition) is 1. The fourth-order valence-corrected chi connectivity index (χ4v) is 2.01. The first-order valence-electron chi connectivity index (χ1n) is 5.06. The van der Waals surface area contributed by atoms with Crippen LogP contribution in [0, 0.1) is 6.92 Å². The molecule has 1 saturated heterocycles. The van der Waals surface area contributed by atoms with Crippen LogP contribution in [-0.4, -0.2) is 20.3 Å². The summed E-state index contributed by atoms with van der Waals surface area (Å²) in [6.45, 7) is 2.94. The Kier molecular flexibility index (Phi) is 2.32. The molecule has 1 aliphatic heterocycles. The first-order chi connectivity index (χ1) is 6.68. The molecule has 0 saturated carbocycles. The summed E-state index contributed by atoms with van der Waals surface area (Å²) in [5, 5.41) is 0. The molecule has 0 aromatic heterocycles. The SMILES string of the molecule is Bc1ccc(N2CCCC2=O)c(C)c1. The molecule has 0 bridgehead atoms. The molecule has 14 heavy (non-hydrogen) atoms. The average molecular weight is 187 g/mol. The van der Waals surface area contributed by atoms with Gasteiger partial charge in [-0.3, -0.25) is 4.79 Å². The van der Waals surface area contributed by atoms with E-state index >= 15 is 0 Å². The van der Waals surface area contributed by atoms with Gasteiger partial charge in [0.05, 0.1) is 0 Å². The lowest BCUT2D eigenvalue weighted by atomic mass is 9.94. The van der Waals surface area contributed by atoms with Gasteiger partial charge in [-0.15, -0.1) is 0 Å². The van der Waals surface area contributed by atoms with Crippen LogP contribution in [-0.2, 0) is 4.79 Å². The van der Waals surface area contributed by atoms with Gasteiger partial charge in [-0.25, -0.2) is 0 Å². The molecule has 1 aliphatic rings. The summed E-state index contributed by atoms with van der Waals surface area (Å²) in [7, 11) is 2.07. The third-order valence-electron chi connectivity index (χ3n) is 2.72. The van der Waals surface area contributed by atoms with E-state index in [1.165, 1.54) is 11.0 Å². The van der Waals surface area contributed by atoms with E-state index in [2.05, 4.69) is 26.9 Å². The number of hydrogen-bond donors (Lipinski definition) is 0. The molecule has 2 nitrogen and oxygen atoms in total. The average Bonchev–Trinajstić information content (AvgIpc) is 2.52. The Hall–Kier alpha value is -1.25. The van der Waals surface area contributed by atoms with Gasteiger partial charge in [0.15, 0.2) is 0 Å². The molecule has 1 fully saturated rings. The maximum absolute atomic E-state index is 11.5. The van der Waals surface area contributed by atoms with Crippen molar-refractivity contribution in [2.24, 2.45) is 0 Å². The number of nitrogens with zero attached hydrogens (tertiary/aromatic N) is 1. The van der Waals surface area contributed by atoms with Crippen molar-refractivity contribution in [1.82, 2.24) is 0 Å². The van der Waals surface area contributed by atoms with Crippen LogP contribution in [0.2, 0.25) is 0 Å². The third kappa shape index (κ3) is 1.54. The highest BCUT2D eigenvalue weighted by Gasteiger charge is 2.22. The second kappa shape index (κ2) is 3.48. The van der Waals surface area contributed by atoms with Gasteiger partial charge < -0.3 is 4.90 Å². The molecule has 1 aromatic rings. The van der Waals surface area contributed by atoms with E-state index in [0.717, 1.165) is 18.7 Å². The van der Waals surface area contributed by atoms with Crippen LogP contribution in [0.25, 0.3) is 0 Å². The molecular formula is C11H14BNO. The monoisotopic (exact) mass is 187 g/mol. The fourth-order valence-electron chi connectivity index (χ4n) is 2.01. The van der Waals surface area contributed by atoms with Crippen molar-refractivity contribution in [1.29, 1.82) is 0 Å². The van der Waals surface area contributed by atoms with Crippen LogP contribution in [0.15, 0.2) is 18.2 Å². The Balaban J connectivity index is 2.36. The van der Waals surface area contributed by atoms with Crippen LogP contribution >= 0.6 is 0 Å². The van der Waals surface area contributed by atoms with Gasteiger partial charge in [0, 0.05) is 18.7 Å². The molecule has 1 amide bonds. The predicted molar refractivity (Wildman–Crippen MR) is 60.9 cm³/mol. The van der Waals surface area contributed by atoms with E-state index < -0.39 is 0 Å². The number of rotatable bonds is 1. The molecule has 2 rings (SSSR count). The highest BCUT2D eigenvalue weighted by atomic mass is 16.2. The van der Waals surface area contributed by atoms with Crippen molar-refractivity contribution in [2.75, 3.05) is 11.4 Å². The van der Waals surface area contributed by atoms with Crippen molar-refractivity contribution < 1.29 is 4.79 Å². The van der Waals surface area contributed by atoms with Crippen molar-refractivity contribution in [2.45, 2.75) is 19.8 Å². The normalized spacial score (nSPS) is 16.4. The predicted octanol–water partition coefficient (Wildman–Crippen LogP) is 0.380. The number of anilines is 1. The van der Waals surface area contributed by atoms with Crippen molar-refractivity contribution in [3.05, 3.63) is 23.8 Å². The molecule has 0 radical (unpaired) electrons. The molecule has 72 valence electrons. The summed E-state index contributed by atoms with van der Waals surface area (Å²) in [6, 6.07) is 6.24. The summed E-state index contributed by atoms with van der Waals surface area (Å²) >= 11 is 0. The molecule has 0 spiro atoms. The minimum Gasteiger partial charge on any atom is -0.312 e. The zero-order valence-electron chi connectivity index (χ0n) is 8.71. The van der Waals surface area contributed by atoms with Gasteiger partial charge in [-0.05, 0) is 25.0 Å². The molecule has 0 aliphatic carbocycles. The lowest BCUT2D eigenvalue weighted by Gasteiger charge is -2.18. The molecule has 0 N–H and O–H groups in total. The van der Waals surface area contributed by atoms with Gasteiger partial charge >= 0.3 is 0 Å². The van der Waals surface area contributed by atoms with E-state index in [1.807, 2.05) is 11.0 Å². The van der Waals surface area contributed by atoms with Gasteiger partial charge in [-0.2, -0.15) is 0 Å². The minimum atomic E-state index is 0.261. The number of aryl methyl sites for hydroxylation is 1. The van der Waals surface area contributed by atoms with Gasteiger partial charge in [-0.1, -0.05) is 17.6 Å². The van der Waals surface area contributed by atoms with Gasteiger partial charge in [0.1, 0.15) is 7.85 Å². The van der Waals surface area contributed by atoms with Crippen molar-refractivity contribution in [3.63, 3.8) is 0 Å². The Morgan fingerprint density at radius 2 is 2.21 bits per heavy atom. The lowest BCUT2D eigenvalue weighted by molar-refractivity contribution is -0.117. The topological polar surface area (TPSA) is 20.3 Å². The Morgan fingerprint density at radius 1 is 1.43 bits per heavy atom. The number of benzene rings is 1. The second-order valence-corrected chi connectivity index (χ2v) is 3.94. The van der Waals surface area contributed by atoms with Gasteiger partial charge in [0.25, 0.3) is 0 Å². The van der Waals surface area contributed by atoms with E-state index in [9.17, 15) is 4.79 Å². The smallest absolute Gasteiger partial charge is 0.227 e. The Labute approximate surface area is 85.3 Å². The molecule has 0 unspecified atom stereocenters. The standard InChI is InChI=1S/C11H14BNO/c1-8-7-9(12)4-5-10(8)13-6-2-3-11(13)14/h4-5,7H,2-3,6,12H2,1H3. The number of carbonyl (C=O) groups is 1. The zero-order chi connectivity index (χ0) is 10.1. The quantitative estimate of drug-likeness (QED) is 0.582. The minimum absolute atomic E-state index is 0.261. The summed E-state index contributed by atoms with van der Waals surface area (Å²) in [4.78, 5) is 13.4. The van der Waals surface area contributed by atoms with E-state index in [4.69, 9.17) is 0 Å². The summed E-state index contributed by atoms with van der Waals surface area (Å²) < 4.78 is 0. The largest absolute Gasteiger partial charge is 0.312 e. The van der Waals surface area contributed by atoms with Crippen LogP contribution in [0.3, 0.4) is 0 Å². The van der Waals surface area contributed by atoms with E-state index in [1.54, 1.807) is 0 Å². The lowest BCUT2D eigenvalue weighted by Crippen LogP contribution is -2.25. The molecular weight excluding hydrogens is 173 g/mol. The van der Waals surface area contributed by atoms with Crippen molar-refractivity contribution in [3.8, 4) is 0 Å². The molecule has 1 heterocycles. The summed E-state index contributed by atoms with van der Waals surface area (Å²) in [5.41, 5.74) is 3.52. The van der Waals surface area contributed by atoms with Crippen LogP contribution in [0.1, 0.15) is 18.4 Å². The number of carbonyl (C=O) groups excluding carboxylic acids is 1. The molecule has 3 heteroatoms. The van der Waals surface area contributed by atoms with E-state index in [0.29, 0.717) is 6.42 Å². The zero-order valence-corrected chi connectivity index (χ0v) is 8.71. The van der Waals surface area contributed by atoms with E-state index in [-0.39, 0.29) is 5.91 Å². The second-order valence-electron chi connectivity index (χ2n) is 3.94. The number of amides is 1. The summed E-state index contributed by atoms with van der Waals surface area (Å²) in [6.07, 6.45) is 1.69. The first kappa shape index (κ1) is 9.32. The Morgan fingerprint density at radius 3 is 2.79 bits per heavy atom. The van der Waals surface area contributed by atoms with Crippen molar-refractivity contribution >= 4 is 24.9 Å². The maximum atomic E-state index is 11.5. The maximum Gasteiger partial charge on any atom is 0.227 e. The summed E-state index contributed by atoms with van der Waals surface area (Å²) in [5.74, 6) is 0.261. The fraction of sp³-hybridized carbons (Fsp3) is 0.364. The van der Waals surface area contributed by atoms with Crippen LogP contribution < -0.4 is 10.4 Å². The molecule has 1 aromatic carbocycles. The Bertz CT molecular complexity index is 376. The van der Waals surface area contributed by atoms with Crippen LogP contribution in [0.5, 0.6) is 0 Å². The molecule has 0 atom stereocenters. The van der Waals surface area contributed by atoms with Crippen LogP contribution in [0.4, 0.5) is 5.69 Å². The highest BCUT2D eigenvalue weighted by molar-refractivity contribution is 6.32. The highest BCUT2D eigenvalue weighted by Crippen LogP contribution is 2.23. The van der Waals surface area contributed by atoms with Gasteiger partial charge in [0.2, 0.25) is 5.91 Å².